The molecular formula is C43H38N2O6. The van der Waals surface area contributed by atoms with E-state index in [0.29, 0.717) is 23.1 Å². The van der Waals surface area contributed by atoms with Gasteiger partial charge in [-0.15, -0.1) is 0 Å². The molecule has 1 unspecified atom stereocenters. The van der Waals surface area contributed by atoms with E-state index in [4.69, 9.17) is 9.47 Å². The highest BCUT2D eigenvalue weighted by Crippen LogP contribution is 2.39. The van der Waals surface area contributed by atoms with Crippen LogP contribution in [-0.4, -0.2) is 9.13 Å². The summed E-state index contributed by atoms with van der Waals surface area (Å²) in [6, 6.07) is 33.9. The van der Waals surface area contributed by atoms with E-state index in [1.165, 1.54) is 30.3 Å². The van der Waals surface area contributed by atoms with Crippen molar-refractivity contribution in [2.75, 3.05) is 0 Å². The maximum atomic E-state index is 13.4. The van der Waals surface area contributed by atoms with E-state index in [0.717, 1.165) is 39.0 Å². The molecule has 256 valence electrons. The van der Waals surface area contributed by atoms with Gasteiger partial charge >= 0.3 is 0 Å². The molecule has 0 aliphatic carbocycles. The maximum absolute atomic E-state index is 13.4. The van der Waals surface area contributed by atoms with E-state index < -0.39 is 22.2 Å². The van der Waals surface area contributed by atoms with E-state index in [1.807, 2.05) is 36.4 Å². The largest absolute Gasteiger partial charge is 0.457 e. The van der Waals surface area contributed by atoms with Gasteiger partial charge in [0.05, 0.1) is 27.2 Å². The molecule has 0 N–H and O–H groups in total. The van der Waals surface area contributed by atoms with Crippen molar-refractivity contribution in [1.29, 1.82) is 0 Å². The van der Waals surface area contributed by atoms with Gasteiger partial charge in [-0.05, 0) is 89.7 Å². The average molecular weight is 679 g/mol. The van der Waals surface area contributed by atoms with E-state index in [-0.39, 0.29) is 27.0 Å². The Morgan fingerprint density at radius 2 is 1.06 bits per heavy atom. The number of benzene rings is 5. The lowest BCUT2D eigenvalue weighted by Crippen LogP contribution is -2.23. The van der Waals surface area contributed by atoms with Gasteiger partial charge in [0, 0.05) is 18.5 Å². The number of aromatic nitrogens is 2. The molecular weight excluding hydrogens is 640 g/mol. The first-order chi connectivity index (χ1) is 24.5. The predicted molar refractivity (Wildman–Crippen MR) is 202 cm³/mol. The summed E-state index contributed by atoms with van der Waals surface area (Å²) in [6.45, 7) is 8.77. The van der Waals surface area contributed by atoms with Crippen molar-refractivity contribution in [2.45, 2.75) is 51.9 Å². The zero-order valence-electron chi connectivity index (χ0n) is 29.2. The van der Waals surface area contributed by atoms with Crippen molar-refractivity contribution < 1.29 is 9.47 Å². The zero-order valence-corrected chi connectivity index (χ0v) is 29.2. The fourth-order valence-corrected chi connectivity index (χ4v) is 6.96. The summed E-state index contributed by atoms with van der Waals surface area (Å²) in [5.41, 5.74) is 1.50. The lowest BCUT2D eigenvalue weighted by atomic mass is 9.73. The SMILES string of the molecule is CCCC(C)(c1ccc(Oc2cccc(C(C)C)c2)cc1)c1ccc(Oc2cccc(-n3c(=O)c4cc5c(=O)n(C)c(=O)c5cc4c3=O)c2)cc1. The highest BCUT2D eigenvalue weighted by Gasteiger charge is 2.28. The van der Waals surface area contributed by atoms with Crippen LogP contribution in [-0.2, 0) is 12.5 Å². The number of hydrogen-bond donors (Lipinski definition) is 0. The third-order valence-corrected chi connectivity index (χ3v) is 9.90. The number of ether oxygens (including phenoxy) is 2. The summed E-state index contributed by atoms with van der Waals surface area (Å²) < 4.78 is 14.4. The van der Waals surface area contributed by atoms with Crippen molar-refractivity contribution >= 4 is 21.5 Å². The smallest absolute Gasteiger partial charge is 0.266 e. The summed E-state index contributed by atoms with van der Waals surface area (Å²) in [7, 11) is 1.37. The fourth-order valence-electron chi connectivity index (χ4n) is 6.96. The molecule has 0 fully saturated rings. The minimum absolute atomic E-state index is 0.0887. The standard InChI is InChI=1S/C43H38N2O6/c1-6-21-43(4,28-13-17-31(18-14-28)50-33-11-7-9-27(22-33)26(2)3)29-15-19-32(20-16-29)51-34-12-8-10-30(23-34)45-41(48)37-24-35-36(25-38(37)42(45)49)40(47)44(5)39(35)46/h7-20,22-26H,6,21H2,1-5H3. The molecule has 0 saturated heterocycles. The maximum Gasteiger partial charge on any atom is 0.266 e. The zero-order chi connectivity index (χ0) is 36.0. The normalized spacial score (nSPS) is 12.8. The molecule has 2 heterocycles. The molecule has 7 aromatic rings. The van der Waals surface area contributed by atoms with Crippen molar-refractivity contribution in [3.05, 3.63) is 167 Å². The summed E-state index contributed by atoms with van der Waals surface area (Å²) in [5, 5.41) is 0.416. The Morgan fingerprint density at radius 1 is 0.588 bits per heavy atom. The Hall–Kier alpha value is -6.02. The summed E-state index contributed by atoms with van der Waals surface area (Å²) in [4.78, 5) is 51.9. The fraction of sp³-hybridized carbons (Fsp3) is 0.209. The molecule has 0 saturated carbocycles. The van der Waals surface area contributed by atoms with Crippen molar-refractivity contribution in [1.82, 2.24) is 9.13 Å². The van der Waals surface area contributed by atoms with Crippen LogP contribution in [0.15, 0.2) is 128 Å². The van der Waals surface area contributed by atoms with Crippen molar-refractivity contribution in [3.63, 3.8) is 0 Å². The van der Waals surface area contributed by atoms with Gasteiger partial charge in [0.2, 0.25) is 0 Å². The minimum atomic E-state index is -0.566. The van der Waals surface area contributed by atoms with Crippen LogP contribution >= 0.6 is 0 Å². The molecule has 0 aliphatic rings. The molecule has 8 heteroatoms. The predicted octanol–water partition coefficient (Wildman–Crippen LogP) is 8.25. The number of rotatable bonds is 10. The molecule has 0 aliphatic heterocycles. The first-order valence-electron chi connectivity index (χ1n) is 17.1. The Labute approximate surface area is 294 Å². The molecule has 7 rings (SSSR count). The van der Waals surface area contributed by atoms with Crippen molar-refractivity contribution in [2.24, 2.45) is 7.05 Å². The lowest BCUT2D eigenvalue weighted by Gasteiger charge is -2.31. The van der Waals surface area contributed by atoms with E-state index >= 15 is 0 Å². The van der Waals surface area contributed by atoms with Gasteiger partial charge in [-0.1, -0.05) is 76.6 Å². The van der Waals surface area contributed by atoms with Gasteiger partial charge in [0.1, 0.15) is 23.0 Å². The van der Waals surface area contributed by atoms with E-state index in [2.05, 4.69) is 64.1 Å². The van der Waals surface area contributed by atoms with Crippen LogP contribution in [0.1, 0.15) is 63.1 Å². The summed E-state index contributed by atoms with van der Waals surface area (Å²) >= 11 is 0. The van der Waals surface area contributed by atoms with Crippen LogP contribution in [0.2, 0.25) is 0 Å². The van der Waals surface area contributed by atoms with Crippen LogP contribution in [0.25, 0.3) is 27.2 Å². The van der Waals surface area contributed by atoms with Crippen LogP contribution in [0.5, 0.6) is 23.0 Å². The molecule has 0 amide bonds. The second-order valence-electron chi connectivity index (χ2n) is 13.6. The second-order valence-corrected chi connectivity index (χ2v) is 13.6. The van der Waals surface area contributed by atoms with Crippen LogP contribution in [0, 0.1) is 0 Å². The number of fused-ring (bicyclic) bond motifs is 2. The highest BCUT2D eigenvalue weighted by molar-refractivity contribution is 5.98. The Bertz CT molecular complexity index is 2540. The molecule has 5 aromatic carbocycles. The third-order valence-electron chi connectivity index (χ3n) is 9.90. The minimum Gasteiger partial charge on any atom is -0.457 e. The molecule has 1 atom stereocenters. The van der Waals surface area contributed by atoms with Gasteiger partial charge in [-0.3, -0.25) is 23.7 Å². The molecule has 8 nitrogen and oxygen atoms in total. The topological polar surface area (TPSA) is 96.6 Å². The molecule has 0 spiro atoms. The van der Waals surface area contributed by atoms with Crippen molar-refractivity contribution in [3.8, 4) is 28.7 Å². The molecule has 2 aromatic heterocycles. The summed E-state index contributed by atoms with van der Waals surface area (Å²) in [6.07, 6.45) is 1.93. The average Bonchev–Trinajstić information content (AvgIpc) is 3.50. The van der Waals surface area contributed by atoms with Gasteiger partial charge in [0.25, 0.3) is 22.2 Å². The van der Waals surface area contributed by atoms with Crippen LogP contribution < -0.4 is 31.7 Å². The summed E-state index contributed by atoms with van der Waals surface area (Å²) in [5.74, 6) is 3.07. The highest BCUT2D eigenvalue weighted by atomic mass is 16.5. The van der Waals surface area contributed by atoms with Crippen LogP contribution in [0.4, 0.5) is 0 Å². The lowest BCUT2D eigenvalue weighted by molar-refractivity contribution is 0.476. The first kappa shape index (κ1) is 33.5. The van der Waals surface area contributed by atoms with Gasteiger partial charge in [0.15, 0.2) is 0 Å². The Kier molecular flexibility index (Phi) is 8.55. The molecule has 51 heavy (non-hydrogen) atoms. The van der Waals surface area contributed by atoms with Crippen LogP contribution in [0.3, 0.4) is 0 Å². The number of hydrogen-bond acceptors (Lipinski definition) is 6. The third kappa shape index (κ3) is 5.97. The van der Waals surface area contributed by atoms with Gasteiger partial charge in [-0.25, -0.2) is 4.57 Å². The van der Waals surface area contributed by atoms with Gasteiger partial charge < -0.3 is 9.47 Å². The van der Waals surface area contributed by atoms with E-state index in [9.17, 15) is 19.2 Å². The Morgan fingerprint density at radius 3 is 1.55 bits per heavy atom. The first-order valence-corrected chi connectivity index (χ1v) is 17.1. The second kappa shape index (κ2) is 13.0. The Balaban J connectivity index is 1.13. The molecule has 0 radical (unpaired) electrons. The monoisotopic (exact) mass is 678 g/mol. The van der Waals surface area contributed by atoms with E-state index in [1.54, 1.807) is 24.3 Å². The quantitative estimate of drug-likeness (QED) is 0.145. The number of nitrogens with zero attached hydrogens (tertiary/aromatic N) is 2. The van der Waals surface area contributed by atoms with Gasteiger partial charge in [-0.2, -0.15) is 0 Å². The molecule has 0 bridgehead atoms.